The summed E-state index contributed by atoms with van der Waals surface area (Å²) in [5, 5.41) is 0. The van der Waals surface area contributed by atoms with Crippen molar-refractivity contribution in [1.29, 1.82) is 0 Å². The molecule has 4 aromatic heterocycles. The van der Waals surface area contributed by atoms with Crippen LogP contribution in [-0.4, -0.2) is 66.7 Å². The summed E-state index contributed by atoms with van der Waals surface area (Å²) in [6, 6.07) is 23.6. The molecule has 0 amide bonds. The number of rotatable bonds is 13. The number of carbonyl (C=O) groups excluding carboxylic acids is 2. The number of carbonyl (C=O) groups is 1. The molecule has 0 radical (unpaired) electrons. The van der Waals surface area contributed by atoms with Crippen LogP contribution in [0.2, 0.25) is 0 Å². The van der Waals surface area contributed by atoms with E-state index in [0.29, 0.717) is 32.7 Å². The Kier molecular flexibility index (Phi) is 17.8. The maximum atomic E-state index is 10.2. The normalized spacial score (nSPS) is 10.1. The molecule has 4 heterocycles. The number of hydrogen-bond donors (Lipinski definition) is 1. The molecule has 0 aliphatic rings. The predicted octanol–water partition coefficient (Wildman–Crippen LogP) is 4.84. The second-order valence-corrected chi connectivity index (χ2v) is 9.57. The van der Waals surface area contributed by atoms with E-state index in [2.05, 4.69) is 57.9 Å². The average molecular weight is 610 g/mol. The molecule has 4 aromatic rings. The second kappa shape index (κ2) is 21.8. The quantitative estimate of drug-likeness (QED) is 0.129. The Labute approximate surface area is 256 Å². The molecule has 0 aromatic carbocycles. The van der Waals surface area contributed by atoms with Crippen LogP contribution in [0.5, 0.6) is 0 Å². The first-order valence-electron chi connectivity index (χ1n) is 13.1. The number of isocyanates is 1. The number of pyridine rings is 4. The maximum Gasteiger partial charge on any atom is 0.313 e. The molecule has 4 rings (SSSR count). The Morgan fingerprint density at radius 1 is 0.667 bits per heavy atom. The van der Waals surface area contributed by atoms with E-state index in [1.807, 2.05) is 85.2 Å². The highest BCUT2D eigenvalue weighted by molar-refractivity contribution is 6.93. The van der Waals surface area contributed by atoms with Gasteiger partial charge in [0.15, 0.2) is 0 Å². The van der Waals surface area contributed by atoms with Crippen LogP contribution in [0.4, 0.5) is 4.79 Å². The molecule has 0 saturated heterocycles. The Morgan fingerprint density at radius 2 is 1.00 bits per heavy atom. The molecule has 0 aliphatic heterocycles. The second-order valence-electron chi connectivity index (χ2n) is 8.69. The molecular formula is C30H34Cl2N8O2. The molecule has 0 bridgehead atoms. The van der Waals surface area contributed by atoms with Gasteiger partial charge in [-0.1, -0.05) is 24.3 Å². The number of aromatic nitrogens is 4. The number of nitrogens with zero attached hydrogens (tertiary/aromatic N) is 7. The Bertz CT molecular complexity index is 1210. The lowest BCUT2D eigenvalue weighted by Gasteiger charge is -2.20. The van der Waals surface area contributed by atoms with Crippen molar-refractivity contribution in [1.82, 2.24) is 29.7 Å². The summed E-state index contributed by atoms with van der Waals surface area (Å²) in [5.74, 6) is 0. The van der Waals surface area contributed by atoms with Crippen molar-refractivity contribution in [2.75, 3.05) is 26.2 Å². The summed E-state index contributed by atoms with van der Waals surface area (Å²) in [6.45, 7) is 5.58. The third-order valence-corrected chi connectivity index (χ3v) is 5.48. The summed E-state index contributed by atoms with van der Waals surface area (Å²) in [4.78, 5) is 44.5. The van der Waals surface area contributed by atoms with Crippen molar-refractivity contribution >= 4 is 34.0 Å². The van der Waals surface area contributed by atoms with Gasteiger partial charge in [0.1, 0.15) is 0 Å². The first kappa shape index (κ1) is 34.3. The van der Waals surface area contributed by atoms with Crippen molar-refractivity contribution in [2.24, 2.45) is 10.7 Å². The van der Waals surface area contributed by atoms with Crippen LogP contribution in [0.15, 0.2) is 103 Å². The molecule has 220 valence electrons. The van der Waals surface area contributed by atoms with Crippen LogP contribution < -0.4 is 5.73 Å². The van der Waals surface area contributed by atoms with Crippen molar-refractivity contribution in [2.45, 2.75) is 26.2 Å². The highest BCUT2D eigenvalue weighted by Gasteiger charge is 2.09. The molecular weight excluding hydrogens is 575 g/mol. The third kappa shape index (κ3) is 16.4. The zero-order valence-corrected chi connectivity index (χ0v) is 24.7. The van der Waals surface area contributed by atoms with Gasteiger partial charge in [-0.05, 0) is 71.7 Å². The van der Waals surface area contributed by atoms with E-state index in [0.717, 1.165) is 42.4 Å². The highest BCUT2D eigenvalue weighted by Crippen LogP contribution is 2.07. The van der Waals surface area contributed by atoms with E-state index in [9.17, 15) is 4.79 Å². The van der Waals surface area contributed by atoms with Gasteiger partial charge in [-0.15, -0.1) is 0 Å². The van der Waals surface area contributed by atoms with Crippen molar-refractivity contribution in [3.8, 4) is 0 Å². The minimum atomic E-state index is -0.889. The standard InChI is InChI=1S/C15H16N4O.C14H18N4.CCl2O/c20-13-16-9-10-19(11-14-5-1-3-7-17-14)12-15-6-2-4-8-18-15;15-7-10-18(11-13-5-1-3-8-16-13)12-14-6-2-4-9-17-14;2-1(3)4/h1-8H,9-12H2;1-6,8-9H,7,10-12,15H2;. The van der Waals surface area contributed by atoms with Gasteiger partial charge in [-0.25, -0.2) is 9.79 Å². The van der Waals surface area contributed by atoms with Crippen LogP contribution >= 0.6 is 23.2 Å². The van der Waals surface area contributed by atoms with Crippen LogP contribution in [0.3, 0.4) is 0 Å². The molecule has 0 fully saturated rings. The van der Waals surface area contributed by atoms with Crippen molar-refractivity contribution < 1.29 is 9.59 Å². The van der Waals surface area contributed by atoms with Gasteiger partial charge < -0.3 is 5.73 Å². The first-order chi connectivity index (χ1) is 20.5. The van der Waals surface area contributed by atoms with Gasteiger partial charge in [0.25, 0.3) is 0 Å². The molecule has 10 nitrogen and oxygen atoms in total. The lowest BCUT2D eigenvalue weighted by atomic mass is 10.3. The fourth-order valence-electron chi connectivity index (χ4n) is 3.73. The molecule has 12 heteroatoms. The SMILES string of the molecule is NCCN(Cc1ccccn1)Cc1ccccn1.O=C(Cl)Cl.O=C=NCCN(Cc1ccccn1)Cc1ccccn1. The van der Waals surface area contributed by atoms with Crippen molar-refractivity contribution in [3.63, 3.8) is 0 Å². The average Bonchev–Trinajstić information content (AvgIpc) is 3.00. The number of halogens is 2. The van der Waals surface area contributed by atoms with Crippen molar-refractivity contribution in [3.05, 3.63) is 120 Å². The largest absolute Gasteiger partial charge is 0.329 e. The molecule has 0 saturated carbocycles. The molecule has 0 spiro atoms. The highest BCUT2D eigenvalue weighted by atomic mass is 35.5. The summed E-state index contributed by atoms with van der Waals surface area (Å²) >= 11 is 8.80. The van der Waals surface area contributed by atoms with E-state index >= 15 is 0 Å². The summed E-state index contributed by atoms with van der Waals surface area (Å²) in [7, 11) is 0. The lowest BCUT2D eigenvalue weighted by Crippen LogP contribution is -2.29. The summed E-state index contributed by atoms with van der Waals surface area (Å²) in [6.07, 6.45) is 8.75. The smallest absolute Gasteiger partial charge is 0.313 e. The fourth-order valence-corrected chi connectivity index (χ4v) is 3.73. The van der Waals surface area contributed by atoms with Gasteiger partial charge in [-0.3, -0.25) is 34.5 Å². The molecule has 0 aliphatic carbocycles. The van der Waals surface area contributed by atoms with E-state index in [1.165, 1.54) is 0 Å². The van der Waals surface area contributed by atoms with E-state index in [-0.39, 0.29) is 0 Å². The maximum absolute atomic E-state index is 10.2. The van der Waals surface area contributed by atoms with Gasteiger partial charge in [0, 0.05) is 70.6 Å². The van der Waals surface area contributed by atoms with Gasteiger partial charge in [0.2, 0.25) is 6.08 Å². The monoisotopic (exact) mass is 608 g/mol. The first-order valence-corrected chi connectivity index (χ1v) is 13.9. The van der Waals surface area contributed by atoms with E-state index in [4.69, 9.17) is 10.5 Å². The Hall–Kier alpha value is -3.89. The molecule has 0 atom stereocenters. The minimum absolute atomic E-state index is 0.434. The zero-order valence-electron chi connectivity index (χ0n) is 23.2. The third-order valence-electron chi connectivity index (χ3n) is 5.48. The van der Waals surface area contributed by atoms with Crippen LogP contribution in [0, 0.1) is 0 Å². The summed E-state index contributed by atoms with van der Waals surface area (Å²) < 4.78 is -0.889. The van der Waals surface area contributed by atoms with Crippen LogP contribution in [0.1, 0.15) is 22.8 Å². The lowest BCUT2D eigenvalue weighted by molar-refractivity contribution is 0.258. The fraction of sp³-hybridized carbons (Fsp3) is 0.267. The van der Waals surface area contributed by atoms with Gasteiger partial charge >= 0.3 is 4.70 Å². The van der Waals surface area contributed by atoms with Crippen LogP contribution in [-0.2, 0) is 31.0 Å². The summed E-state index contributed by atoms with van der Waals surface area (Å²) in [5.41, 5.74) is 9.74. The van der Waals surface area contributed by atoms with Gasteiger partial charge in [-0.2, -0.15) is 0 Å². The van der Waals surface area contributed by atoms with E-state index < -0.39 is 4.70 Å². The predicted molar refractivity (Wildman–Crippen MR) is 164 cm³/mol. The number of hydrogen-bond acceptors (Lipinski definition) is 10. The molecule has 2 N–H and O–H groups in total. The van der Waals surface area contributed by atoms with Crippen LogP contribution in [0.25, 0.3) is 0 Å². The minimum Gasteiger partial charge on any atom is -0.329 e. The number of nitrogens with two attached hydrogens (primary N) is 1. The Morgan fingerprint density at radius 3 is 1.26 bits per heavy atom. The molecule has 42 heavy (non-hydrogen) atoms. The molecule has 0 unspecified atom stereocenters. The van der Waals surface area contributed by atoms with E-state index in [1.54, 1.807) is 18.5 Å². The number of aliphatic imine (C=N–C) groups is 1. The Balaban J connectivity index is 0.000000262. The zero-order chi connectivity index (χ0) is 30.3. The van der Waals surface area contributed by atoms with Gasteiger partial charge in [0.05, 0.1) is 29.3 Å². The topological polar surface area (TPSA) is 131 Å².